The summed E-state index contributed by atoms with van der Waals surface area (Å²) >= 11 is 0. The van der Waals surface area contributed by atoms with Gasteiger partial charge in [0, 0.05) is 24.6 Å². The molecule has 0 bridgehead atoms. The minimum absolute atomic E-state index is 0.0206. The molecule has 162 valence electrons. The summed E-state index contributed by atoms with van der Waals surface area (Å²) in [4.78, 5) is 39.1. The molecule has 9 nitrogen and oxygen atoms in total. The Labute approximate surface area is 178 Å². The number of benzene rings is 1. The molecule has 2 amide bonds. The summed E-state index contributed by atoms with van der Waals surface area (Å²) in [6.07, 6.45) is 4.26. The zero-order valence-electron chi connectivity index (χ0n) is 17.0. The van der Waals surface area contributed by atoms with Gasteiger partial charge in [-0.1, -0.05) is 19.1 Å². The van der Waals surface area contributed by atoms with Crippen LogP contribution in [0.2, 0.25) is 0 Å². The van der Waals surface area contributed by atoms with E-state index in [2.05, 4.69) is 10.4 Å². The van der Waals surface area contributed by atoms with Crippen LogP contribution in [0.3, 0.4) is 0 Å². The van der Waals surface area contributed by atoms with Gasteiger partial charge >= 0.3 is 0 Å². The molecular weight excluding hydrogens is 403 g/mol. The second kappa shape index (κ2) is 8.21. The van der Waals surface area contributed by atoms with Crippen molar-refractivity contribution in [2.45, 2.75) is 19.9 Å². The van der Waals surface area contributed by atoms with E-state index in [-0.39, 0.29) is 41.6 Å². The summed E-state index contributed by atoms with van der Waals surface area (Å²) in [7, 11) is 0. The van der Waals surface area contributed by atoms with Gasteiger partial charge in [0.2, 0.25) is 6.41 Å². The molecule has 2 aromatic rings. The molecule has 1 aliphatic carbocycles. The van der Waals surface area contributed by atoms with Crippen molar-refractivity contribution in [3.8, 4) is 0 Å². The van der Waals surface area contributed by atoms with Crippen LogP contribution >= 0.6 is 0 Å². The monoisotopic (exact) mass is 426 g/mol. The van der Waals surface area contributed by atoms with Crippen LogP contribution in [0, 0.1) is 17.7 Å². The summed E-state index contributed by atoms with van der Waals surface area (Å²) < 4.78 is 14.9. The third-order valence-electron chi connectivity index (χ3n) is 5.67. The molecule has 0 radical (unpaired) electrons. The number of rotatable bonds is 8. The summed E-state index contributed by atoms with van der Waals surface area (Å²) in [5, 5.41) is 6.90. The van der Waals surface area contributed by atoms with Crippen molar-refractivity contribution >= 4 is 23.8 Å². The molecule has 10 heteroatoms. The Morgan fingerprint density at radius 1 is 1.35 bits per heavy atom. The number of Topliss-reactive ketones (excluding diaryl/α,β-unsaturated/α-hetero) is 1. The van der Waals surface area contributed by atoms with Crippen LogP contribution in [-0.2, 0) is 20.9 Å². The summed E-state index contributed by atoms with van der Waals surface area (Å²) in [5.74, 6) is -0.609. The number of ketones is 1. The van der Waals surface area contributed by atoms with E-state index < -0.39 is 5.91 Å². The fourth-order valence-corrected chi connectivity index (χ4v) is 3.92. The van der Waals surface area contributed by atoms with Crippen molar-refractivity contribution in [3.63, 3.8) is 0 Å². The van der Waals surface area contributed by atoms with E-state index in [9.17, 15) is 18.8 Å². The molecule has 0 spiro atoms. The lowest BCUT2D eigenvalue weighted by molar-refractivity contribution is -0.120. The number of carbonyl (C=O) groups excluding carboxylic acids is 3. The van der Waals surface area contributed by atoms with Crippen molar-refractivity contribution < 1.29 is 18.8 Å². The van der Waals surface area contributed by atoms with Crippen LogP contribution < -0.4 is 16.0 Å². The predicted molar refractivity (Wildman–Crippen MR) is 109 cm³/mol. The Balaban J connectivity index is 1.56. The van der Waals surface area contributed by atoms with Gasteiger partial charge in [0.15, 0.2) is 5.70 Å². The molecule has 31 heavy (non-hydrogen) atoms. The first-order chi connectivity index (χ1) is 14.9. The van der Waals surface area contributed by atoms with Crippen molar-refractivity contribution in [3.05, 3.63) is 59.6 Å². The second-order valence-corrected chi connectivity index (χ2v) is 7.65. The number of anilines is 1. The third-order valence-corrected chi connectivity index (χ3v) is 5.67. The Morgan fingerprint density at radius 3 is 2.84 bits per heavy atom. The predicted octanol–water partition coefficient (Wildman–Crippen LogP) is 0.776. The van der Waals surface area contributed by atoms with Gasteiger partial charge in [-0.25, -0.2) is 4.39 Å². The zero-order chi connectivity index (χ0) is 22.1. The van der Waals surface area contributed by atoms with E-state index in [1.54, 1.807) is 23.2 Å². The molecule has 1 aliphatic heterocycles. The van der Waals surface area contributed by atoms with Crippen LogP contribution in [0.25, 0.3) is 0 Å². The number of aromatic nitrogens is 2. The molecule has 2 heterocycles. The van der Waals surface area contributed by atoms with Gasteiger partial charge in [0.1, 0.15) is 17.4 Å². The lowest BCUT2D eigenvalue weighted by Gasteiger charge is -2.33. The van der Waals surface area contributed by atoms with Crippen molar-refractivity contribution in [2.75, 3.05) is 18.1 Å². The average molecular weight is 426 g/mol. The molecule has 3 N–H and O–H groups in total. The van der Waals surface area contributed by atoms with E-state index in [4.69, 9.17) is 5.73 Å². The maximum Gasteiger partial charge on any atom is 0.273 e. The number of nitrogens with zero attached hydrogens (tertiary/aromatic N) is 4. The minimum atomic E-state index is -0.493. The first kappa shape index (κ1) is 20.6. The van der Waals surface area contributed by atoms with E-state index in [0.717, 1.165) is 11.3 Å². The molecular formula is C21H23FN6O3. The van der Waals surface area contributed by atoms with Crippen LogP contribution in [0.15, 0.2) is 48.2 Å². The van der Waals surface area contributed by atoms with Crippen molar-refractivity contribution in [2.24, 2.45) is 17.6 Å². The number of halogens is 1. The number of nitrogens with two attached hydrogens (primary N) is 1. The number of amides is 2. The summed E-state index contributed by atoms with van der Waals surface area (Å²) in [5.41, 5.74) is 7.27. The highest BCUT2D eigenvalue weighted by Crippen LogP contribution is 2.37. The Hall–Kier alpha value is -3.69. The molecule has 0 saturated heterocycles. The number of carbonyl (C=O) groups is 3. The molecule has 2 unspecified atom stereocenters. The Bertz CT molecular complexity index is 1060. The molecule has 4 rings (SSSR count). The highest BCUT2D eigenvalue weighted by molar-refractivity contribution is 6.04. The smallest absolute Gasteiger partial charge is 0.273 e. The fourth-order valence-electron chi connectivity index (χ4n) is 3.92. The van der Waals surface area contributed by atoms with Gasteiger partial charge in [-0.05, 0) is 24.1 Å². The van der Waals surface area contributed by atoms with Gasteiger partial charge in [-0.2, -0.15) is 5.10 Å². The molecule has 1 fully saturated rings. The number of nitrogens with one attached hydrogen (secondary N) is 1. The van der Waals surface area contributed by atoms with E-state index in [1.165, 1.54) is 23.0 Å². The largest absolute Gasteiger partial charge is 0.383 e. The number of hydrogen-bond acceptors (Lipinski definition) is 6. The summed E-state index contributed by atoms with van der Waals surface area (Å²) in [6.45, 7) is 2.80. The van der Waals surface area contributed by atoms with Gasteiger partial charge in [-0.15, -0.1) is 0 Å². The topological polar surface area (TPSA) is 114 Å². The van der Waals surface area contributed by atoms with Crippen LogP contribution in [-0.4, -0.2) is 46.0 Å². The summed E-state index contributed by atoms with van der Waals surface area (Å²) in [6, 6.07) is 6.12. The highest BCUT2D eigenvalue weighted by Gasteiger charge is 2.48. The fraction of sp³-hybridized carbons (Fsp3) is 0.333. The molecule has 1 aromatic heterocycles. The first-order valence-corrected chi connectivity index (χ1v) is 10.0. The van der Waals surface area contributed by atoms with Crippen molar-refractivity contribution in [1.29, 1.82) is 0 Å². The van der Waals surface area contributed by atoms with Gasteiger partial charge in [0.05, 0.1) is 25.1 Å². The van der Waals surface area contributed by atoms with E-state index in [0.29, 0.717) is 30.8 Å². The normalized spacial score (nSPS) is 20.6. The lowest BCUT2D eigenvalue weighted by atomic mass is 10.2. The van der Waals surface area contributed by atoms with Crippen LogP contribution in [0.5, 0.6) is 0 Å². The quantitative estimate of drug-likeness (QED) is 0.603. The maximum absolute atomic E-state index is 13.4. The molecule has 1 saturated carbocycles. The maximum atomic E-state index is 13.4. The third kappa shape index (κ3) is 4.00. The highest BCUT2D eigenvalue weighted by atomic mass is 19.1. The Kier molecular flexibility index (Phi) is 5.45. The van der Waals surface area contributed by atoms with E-state index in [1.807, 2.05) is 6.92 Å². The van der Waals surface area contributed by atoms with Gasteiger partial charge in [-0.3, -0.25) is 24.0 Å². The van der Waals surface area contributed by atoms with E-state index >= 15 is 0 Å². The first-order valence-electron chi connectivity index (χ1n) is 10.0. The lowest BCUT2D eigenvalue weighted by Crippen LogP contribution is -2.51. The molecule has 2 atom stereocenters. The average Bonchev–Trinajstić information content (AvgIpc) is 3.12. The van der Waals surface area contributed by atoms with Crippen LogP contribution in [0.1, 0.15) is 18.9 Å². The zero-order valence-corrected chi connectivity index (χ0v) is 17.0. The van der Waals surface area contributed by atoms with Crippen molar-refractivity contribution in [1.82, 2.24) is 20.0 Å². The van der Waals surface area contributed by atoms with Crippen LogP contribution in [0.4, 0.5) is 10.1 Å². The minimum Gasteiger partial charge on any atom is -0.383 e. The number of hydrogen-bond donors (Lipinski definition) is 2. The Morgan fingerprint density at radius 2 is 2.16 bits per heavy atom. The SMILES string of the molecule is CCC1C(=O)C1CN1CNC(=O)C(N(C=O)c2cnn(Cc3cccc(F)c3)c2)=C1N. The second-order valence-electron chi connectivity index (χ2n) is 7.65. The standard InChI is InChI=1S/C21H23FN6O3/c1-2-16-17(19(16)30)10-26-11-24-21(31)18(20(26)23)28(12-29)15-7-25-27(9-15)8-13-4-3-5-14(22)6-13/h3-7,9,12,16-17H,2,8,10-11,23H2,1H3,(H,24,31). The molecule has 1 aromatic carbocycles. The van der Waals surface area contributed by atoms with Gasteiger partial charge < -0.3 is 16.0 Å². The van der Waals surface area contributed by atoms with Gasteiger partial charge in [0.25, 0.3) is 5.91 Å². The molecule has 2 aliphatic rings.